The van der Waals surface area contributed by atoms with Gasteiger partial charge in [-0.3, -0.25) is 9.59 Å². The van der Waals surface area contributed by atoms with Crippen molar-refractivity contribution in [1.29, 1.82) is 0 Å². The zero-order valence-electron chi connectivity index (χ0n) is 16.5. The molecule has 0 aromatic heterocycles. The Bertz CT molecular complexity index is 1140. The largest absolute Gasteiger partial charge is 0.422 e. The second-order valence-corrected chi connectivity index (χ2v) is 6.83. The molecule has 3 aromatic carbocycles. The molecule has 0 saturated heterocycles. The number of benzene rings is 3. The number of carbonyl (C=O) groups excluding carboxylic acids is 3. The highest BCUT2D eigenvalue weighted by atomic mass is 35.5. The third-order valence-electron chi connectivity index (χ3n) is 4.11. The maximum absolute atomic E-state index is 12.3. The lowest BCUT2D eigenvalue weighted by atomic mass is 10.1. The zero-order chi connectivity index (χ0) is 22.2. The first-order valence-electron chi connectivity index (χ1n) is 9.21. The molecule has 31 heavy (non-hydrogen) atoms. The fourth-order valence-electron chi connectivity index (χ4n) is 2.48. The van der Waals surface area contributed by atoms with Crippen molar-refractivity contribution in [2.45, 2.75) is 6.92 Å². The van der Waals surface area contributed by atoms with E-state index in [0.29, 0.717) is 21.8 Å². The standard InChI is InChI=1S/C23H18ClN3O4/c1-15-10-12-16(13-11-15)23(30)31-20-9-5-2-6-17(20)14-25-27-22(29)21(28)26-19-8-4-3-7-18(19)24/h2-14H,1H3,(H,26,28)(H,27,29). The fourth-order valence-corrected chi connectivity index (χ4v) is 2.66. The monoisotopic (exact) mass is 435 g/mol. The molecule has 0 fully saturated rings. The second-order valence-electron chi connectivity index (χ2n) is 6.43. The van der Waals surface area contributed by atoms with E-state index in [1.54, 1.807) is 60.7 Å². The highest BCUT2D eigenvalue weighted by molar-refractivity contribution is 6.41. The summed E-state index contributed by atoms with van der Waals surface area (Å²) in [5.41, 5.74) is 4.30. The van der Waals surface area contributed by atoms with Gasteiger partial charge in [0.2, 0.25) is 0 Å². The Kier molecular flexibility index (Phi) is 7.13. The first kappa shape index (κ1) is 21.7. The summed E-state index contributed by atoms with van der Waals surface area (Å²) in [4.78, 5) is 36.3. The van der Waals surface area contributed by atoms with E-state index >= 15 is 0 Å². The molecule has 3 rings (SSSR count). The molecule has 0 spiro atoms. The van der Waals surface area contributed by atoms with Crippen LogP contribution in [0.4, 0.5) is 5.69 Å². The minimum Gasteiger partial charge on any atom is -0.422 e. The Balaban J connectivity index is 1.62. The van der Waals surface area contributed by atoms with E-state index in [2.05, 4.69) is 15.8 Å². The van der Waals surface area contributed by atoms with Crippen LogP contribution >= 0.6 is 11.6 Å². The number of esters is 1. The minimum absolute atomic E-state index is 0.256. The number of carbonyl (C=O) groups is 3. The molecule has 2 N–H and O–H groups in total. The number of rotatable bonds is 5. The highest BCUT2D eigenvalue weighted by Gasteiger charge is 2.14. The third-order valence-corrected chi connectivity index (χ3v) is 4.44. The first-order valence-corrected chi connectivity index (χ1v) is 9.58. The molecule has 0 aliphatic rings. The molecule has 0 heterocycles. The lowest BCUT2D eigenvalue weighted by Gasteiger charge is -2.08. The lowest BCUT2D eigenvalue weighted by molar-refractivity contribution is -0.136. The van der Waals surface area contributed by atoms with Crippen molar-refractivity contribution in [3.05, 3.63) is 94.5 Å². The summed E-state index contributed by atoms with van der Waals surface area (Å²) >= 11 is 5.95. The number of para-hydroxylation sites is 2. The number of halogens is 1. The van der Waals surface area contributed by atoms with Gasteiger partial charge in [-0.25, -0.2) is 10.2 Å². The summed E-state index contributed by atoms with van der Waals surface area (Å²) in [6.45, 7) is 1.92. The second kappa shape index (κ2) is 10.2. The molecule has 0 unspecified atom stereocenters. The highest BCUT2D eigenvalue weighted by Crippen LogP contribution is 2.20. The van der Waals surface area contributed by atoms with Gasteiger partial charge in [-0.15, -0.1) is 0 Å². The van der Waals surface area contributed by atoms with Crippen LogP contribution in [-0.4, -0.2) is 24.0 Å². The smallest absolute Gasteiger partial charge is 0.343 e. The summed E-state index contributed by atoms with van der Waals surface area (Å²) in [6.07, 6.45) is 1.28. The van der Waals surface area contributed by atoms with Gasteiger partial charge in [0.15, 0.2) is 0 Å². The number of anilines is 1. The van der Waals surface area contributed by atoms with Gasteiger partial charge in [0.25, 0.3) is 0 Å². The molecular weight excluding hydrogens is 418 g/mol. The summed E-state index contributed by atoms with van der Waals surface area (Å²) in [6, 6.07) is 20.2. The quantitative estimate of drug-likeness (QED) is 0.208. The van der Waals surface area contributed by atoms with Gasteiger partial charge in [0.1, 0.15) is 5.75 Å². The van der Waals surface area contributed by atoms with Crippen LogP contribution in [0.2, 0.25) is 5.02 Å². The Labute approximate surface area is 183 Å². The van der Waals surface area contributed by atoms with Crippen LogP contribution in [0.3, 0.4) is 0 Å². The molecule has 0 atom stereocenters. The van der Waals surface area contributed by atoms with E-state index in [9.17, 15) is 14.4 Å². The molecule has 3 aromatic rings. The molecule has 0 aliphatic carbocycles. The molecule has 0 bridgehead atoms. The van der Waals surface area contributed by atoms with E-state index in [-0.39, 0.29) is 5.75 Å². The number of amides is 2. The summed E-state index contributed by atoms with van der Waals surface area (Å²) in [5.74, 6) is -2.18. The van der Waals surface area contributed by atoms with Crippen molar-refractivity contribution in [3.8, 4) is 5.75 Å². The van der Waals surface area contributed by atoms with E-state index in [4.69, 9.17) is 16.3 Å². The normalized spacial score (nSPS) is 10.5. The number of nitrogens with one attached hydrogen (secondary N) is 2. The molecule has 0 saturated carbocycles. The van der Waals surface area contributed by atoms with Crippen molar-refractivity contribution in [2.75, 3.05) is 5.32 Å². The molecule has 0 aliphatic heterocycles. The lowest BCUT2D eigenvalue weighted by Crippen LogP contribution is -2.32. The number of ether oxygens (including phenoxy) is 1. The van der Waals surface area contributed by atoms with Crippen molar-refractivity contribution in [3.63, 3.8) is 0 Å². The van der Waals surface area contributed by atoms with Gasteiger partial charge in [0, 0.05) is 5.56 Å². The molecule has 2 amide bonds. The summed E-state index contributed by atoms with van der Waals surface area (Å²) < 4.78 is 5.43. The van der Waals surface area contributed by atoms with Crippen molar-refractivity contribution in [2.24, 2.45) is 5.10 Å². The molecule has 8 heteroatoms. The Morgan fingerprint density at radius 2 is 1.58 bits per heavy atom. The number of hydrazone groups is 1. The van der Waals surface area contributed by atoms with Crippen molar-refractivity contribution in [1.82, 2.24) is 5.43 Å². The average molecular weight is 436 g/mol. The SMILES string of the molecule is Cc1ccc(C(=O)Oc2ccccc2C=NNC(=O)C(=O)Nc2ccccc2Cl)cc1. The maximum Gasteiger partial charge on any atom is 0.343 e. The third kappa shape index (κ3) is 6.01. The number of aryl methyl sites for hydroxylation is 1. The maximum atomic E-state index is 12.3. The van der Waals surface area contributed by atoms with Crippen molar-refractivity contribution < 1.29 is 19.1 Å². The molecule has 7 nitrogen and oxygen atoms in total. The van der Waals surface area contributed by atoms with Crippen LogP contribution in [0.15, 0.2) is 77.9 Å². The molecular formula is C23H18ClN3O4. The van der Waals surface area contributed by atoms with Crippen LogP contribution in [0, 0.1) is 6.92 Å². The average Bonchev–Trinajstić information content (AvgIpc) is 2.76. The van der Waals surface area contributed by atoms with Crippen molar-refractivity contribution >= 4 is 41.3 Å². The minimum atomic E-state index is -0.981. The first-order chi connectivity index (χ1) is 14.9. The van der Waals surface area contributed by atoms with Gasteiger partial charge in [-0.2, -0.15) is 5.10 Å². The van der Waals surface area contributed by atoms with Crippen LogP contribution in [-0.2, 0) is 9.59 Å². The van der Waals surface area contributed by atoms with Crippen LogP contribution in [0.25, 0.3) is 0 Å². The number of hydrogen-bond acceptors (Lipinski definition) is 5. The Hall–Kier alpha value is -3.97. The van der Waals surface area contributed by atoms with Crippen LogP contribution in [0.5, 0.6) is 5.75 Å². The zero-order valence-corrected chi connectivity index (χ0v) is 17.2. The number of nitrogens with zero attached hydrogens (tertiary/aromatic N) is 1. The Morgan fingerprint density at radius 1 is 0.903 bits per heavy atom. The van der Waals surface area contributed by atoms with Gasteiger partial charge >= 0.3 is 17.8 Å². The van der Waals surface area contributed by atoms with Gasteiger partial charge in [0.05, 0.1) is 22.5 Å². The van der Waals surface area contributed by atoms with Crippen LogP contribution < -0.4 is 15.5 Å². The number of hydrogen-bond donors (Lipinski definition) is 2. The summed E-state index contributed by atoms with van der Waals surface area (Å²) in [7, 11) is 0. The predicted molar refractivity (Wildman–Crippen MR) is 118 cm³/mol. The summed E-state index contributed by atoms with van der Waals surface area (Å²) in [5, 5.41) is 6.46. The van der Waals surface area contributed by atoms with E-state index in [1.807, 2.05) is 19.1 Å². The van der Waals surface area contributed by atoms with E-state index in [0.717, 1.165) is 5.56 Å². The van der Waals surface area contributed by atoms with Gasteiger partial charge < -0.3 is 10.1 Å². The molecule has 0 radical (unpaired) electrons. The van der Waals surface area contributed by atoms with Gasteiger partial charge in [-0.1, -0.05) is 53.6 Å². The Morgan fingerprint density at radius 3 is 2.32 bits per heavy atom. The predicted octanol–water partition coefficient (Wildman–Crippen LogP) is 3.96. The fraction of sp³-hybridized carbons (Fsp3) is 0.0435. The van der Waals surface area contributed by atoms with Crippen LogP contribution in [0.1, 0.15) is 21.5 Å². The molecule has 156 valence electrons. The van der Waals surface area contributed by atoms with E-state index in [1.165, 1.54) is 6.21 Å². The van der Waals surface area contributed by atoms with E-state index < -0.39 is 17.8 Å². The topological polar surface area (TPSA) is 96.9 Å². The van der Waals surface area contributed by atoms with Gasteiger partial charge in [-0.05, 0) is 43.3 Å².